The van der Waals surface area contributed by atoms with Crippen LogP contribution in [0.1, 0.15) is 12.8 Å². The summed E-state index contributed by atoms with van der Waals surface area (Å²) < 4.78 is 0. The van der Waals surface area contributed by atoms with Crippen LogP contribution >= 0.6 is 0 Å². The summed E-state index contributed by atoms with van der Waals surface area (Å²) in [6.45, 7) is 0.697. The Balaban J connectivity index is 2.29. The fourth-order valence-corrected chi connectivity index (χ4v) is 1.52. The van der Waals surface area contributed by atoms with Gasteiger partial charge < -0.3 is 9.80 Å². The van der Waals surface area contributed by atoms with Crippen molar-refractivity contribution in [1.29, 1.82) is 0 Å². The van der Waals surface area contributed by atoms with Crippen molar-refractivity contribution in [2.45, 2.75) is 12.8 Å². The van der Waals surface area contributed by atoms with Crippen molar-refractivity contribution in [1.82, 2.24) is 9.80 Å². The lowest BCUT2D eigenvalue weighted by atomic mass is 9.84. The molecular formula is C9H16N2O2. The van der Waals surface area contributed by atoms with E-state index in [2.05, 4.69) is 0 Å². The van der Waals surface area contributed by atoms with Crippen molar-refractivity contribution in [3.63, 3.8) is 0 Å². The molecule has 0 aliphatic heterocycles. The van der Waals surface area contributed by atoms with Gasteiger partial charge in [0, 0.05) is 40.5 Å². The van der Waals surface area contributed by atoms with Crippen LogP contribution < -0.4 is 0 Å². The largest absolute Gasteiger partial charge is 0.331 e. The second-order valence-corrected chi connectivity index (χ2v) is 3.87. The smallest absolute Gasteiger partial charge is 0.319 e. The van der Waals surface area contributed by atoms with Gasteiger partial charge in [0.2, 0.25) is 0 Å². The van der Waals surface area contributed by atoms with E-state index < -0.39 is 0 Å². The number of ketones is 1. The SMILES string of the molecule is CN(C)C(=O)N(C)CC1CC(=O)C1. The molecule has 1 aliphatic carbocycles. The van der Waals surface area contributed by atoms with Gasteiger partial charge in [-0.25, -0.2) is 4.79 Å². The zero-order valence-electron chi connectivity index (χ0n) is 8.41. The third-order valence-corrected chi connectivity index (χ3v) is 2.27. The standard InChI is InChI=1S/C9H16N2O2/c1-10(2)9(13)11(3)6-7-4-8(12)5-7/h7H,4-6H2,1-3H3. The Morgan fingerprint density at radius 2 is 1.92 bits per heavy atom. The minimum atomic E-state index is -0.000603. The van der Waals surface area contributed by atoms with E-state index in [1.807, 2.05) is 0 Å². The number of hydrogen-bond donors (Lipinski definition) is 0. The number of hydrogen-bond acceptors (Lipinski definition) is 2. The van der Waals surface area contributed by atoms with Crippen molar-refractivity contribution < 1.29 is 9.59 Å². The van der Waals surface area contributed by atoms with E-state index in [1.54, 1.807) is 30.9 Å². The van der Waals surface area contributed by atoms with Gasteiger partial charge in [-0.15, -0.1) is 0 Å². The van der Waals surface area contributed by atoms with Crippen molar-refractivity contribution in [2.75, 3.05) is 27.7 Å². The van der Waals surface area contributed by atoms with Crippen LogP contribution in [0, 0.1) is 5.92 Å². The highest BCUT2D eigenvalue weighted by atomic mass is 16.2. The Hall–Kier alpha value is -1.06. The summed E-state index contributed by atoms with van der Waals surface area (Å²) in [7, 11) is 5.22. The third-order valence-electron chi connectivity index (χ3n) is 2.27. The lowest BCUT2D eigenvalue weighted by Gasteiger charge is -2.30. The molecule has 0 unspecified atom stereocenters. The summed E-state index contributed by atoms with van der Waals surface area (Å²) in [5, 5.41) is 0. The number of Topliss-reactive ketones (excluding diaryl/α,β-unsaturated/α-hetero) is 1. The summed E-state index contributed by atoms with van der Waals surface area (Å²) in [5.74, 6) is 0.706. The molecular weight excluding hydrogens is 168 g/mol. The van der Waals surface area contributed by atoms with Gasteiger partial charge in [-0.05, 0) is 5.92 Å². The molecule has 0 heterocycles. The molecule has 1 fully saturated rings. The predicted octanol–water partition coefficient (Wildman–Crippen LogP) is 0.579. The Morgan fingerprint density at radius 1 is 1.38 bits per heavy atom. The van der Waals surface area contributed by atoms with Gasteiger partial charge in [0.05, 0.1) is 0 Å². The molecule has 0 aromatic heterocycles. The Kier molecular flexibility index (Phi) is 2.90. The van der Waals surface area contributed by atoms with E-state index in [0.717, 1.165) is 0 Å². The topological polar surface area (TPSA) is 40.6 Å². The van der Waals surface area contributed by atoms with Gasteiger partial charge in [-0.2, -0.15) is 0 Å². The second kappa shape index (κ2) is 3.77. The molecule has 1 rings (SSSR count). The van der Waals surface area contributed by atoms with Crippen LogP contribution in [0.15, 0.2) is 0 Å². The Morgan fingerprint density at radius 3 is 2.31 bits per heavy atom. The number of nitrogens with zero attached hydrogens (tertiary/aromatic N) is 2. The van der Waals surface area contributed by atoms with Gasteiger partial charge >= 0.3 is 6.03 Å². The first-order valence-corrected chi connectivity index (χ1v) is 4.45. The molecule has 1 saturated carbocycles. The molecule has 0 spiro atoms. The maximum atomic E-state index is 11.4. The summed E-state index contributed by atoms with van der Waals surface area (Å²) in [6.07, 6.45) is 1.29. The molecule has 13 heavy (non-hydrogen) atoms. The molecule has 0 atom stereocenters. The van der Waals surface area contributed by atoms with Crippen molar-refractivity contribution >= 4 is 11.8 Å². The minimum Gasteiger partial charge on any atom is -0.331 e. The summed E-state index contributed by atoms with van der Waals surface area (Å²) in [4.78, 5) is 25.3. The van der Waals surface area contributed by atoms with Crippen molar-refractivity contribution in [2.24, 2.45) is 5.92 Å². The number of amides is 2. The summed E-state index contributed by atoms with van der Waals surface area (Å²) >= 11 is 0. The molecule has 4 nitrogen and oxygen atoms in total. The maximum absolute atomic E-state index is 11.4. The van der Waals surface area contributed by atoms with E-state index in [9.17, 15) is 9.59 Å². The van der Waals surface area contributed by atoms with Crippen LogP contribution in [-0.2, 0) is 4.79 Å². The number of carbonyl (C=O) groups is 2. The van der Waals surface area contributed by atoms with Crippen LogP contribution in [0.3, 0.4) is 0 Å². The molecule has 4 heteroatoms. The average molecular weight is 184 g/mol. The van der Waals surface area contributed by atoms with Crippen LogP contribution in [0.25, 0.3) is 0 Å². The number of carbonyl (C=O) groups excluding carboxylic acids is 2. The van der Waals surface area contributed by atoms with Gasteiger partial charge in [0.1, 0.15) is 5.78 Å². The molecule has 0 aromatic carbocycles. The lowest BCUT2D eigenvalue weighted by Crippen LogP contribution is -2.42. The van der Waals surface area contributed by atoms with E-state index in [4.69, 9.17) is 0 Å². The Labute approximate surface area is 78.5 Å². The lowest BCUT2D eigenvalue weighted by molar-refractivity contribution is -0.127. The van der Waals surface area contributed by atoms with Crippen molar-refractivity contribution in [3.8, 4) is 0 Å². The van der Waals surface area contributed by atoms with Gasteiger partial charge in [-0.1, -0.05) is 0 Å². The second-order valence-electron chi connectivity index (χ2n) is 3.87. The monoisotopic (exact) mass is 184 g/mol. The first kappa shape index (κ1) is 10.0. The van der Waals surface area contributed by atoms with Crippen LogP contribution in [0.5, 0.6) is 0 Å². The first-order valence-electron chi connectivity index (χ1n) is 4.45. The molecule has 1 aliphatic rings. The van der Waals surface area contributed by atoms with Gasteiger partial charge in [0.15, 0.2) is 0 Å². The maximum Gasteiger partial charge on any atom is 0.319 e. The molecule has 0 bridgehead atoms. The minimum absolute atomic E-state index is 0.000603. The normalized spacial score (nSPS) is 16.7. The number of rotatable bonds is 2. The van der Waals surface area contributed by atoms with E-state index >= 15 is 0 Å². The summed E-state index contributed by atoms with van der Waals surface area (Å²) in [6, 6.07) is -0.000603. The number of urea groups is 1. The van der Waals surface area contributed by atoms with E-state index in [0.29, 0.717) is 31.1 Å². The molecule has 0 aromatic rings. The molecule has 74 valence electrons. The third kappa shape index (κ3) is 2.44. The van der Waals surface area contributed by atoms with E-state index in [1.165, 1.54) is 0 Å². The zero-order chi connectivity index (χ0) is 10.0. The van der Waals surface area contributed by atoms with E-state index in [-0.39, 0.29) is 6.03 Å². The fraction of sp³-hybridized carbons (Fsp3) is 0.778. The van der Waals surface area contributed by atoms with Crippen LogP contribution in [0.2, 0.25) is 0 Å². The average Bonchev–Trinajstić information content (AvgIpc) is 2.00. The highest BCUT2D eigenvalue weighted by Crippen LogP contribution is 2.23. The summed E-state index contributed by atoms with van der Waals surface area (Å²) in [5.41, 5.74) is 0. The molecule has 0 N–H and O–H groups in total. The predicted molar refractivity (Wildman–Crippen MR) is 49.4 cm³/mol. The first-order chi connectivity index (χ1) is 6.00. The zero-order valence-corrected chi connectivity index (χ0v) is 8.41. The molecule has 0 radical (unpaired) electrons. The highest BCUT2D eigenvalue weighted by Gasteiger charge is 2.28. The Bertz CT molecular complexity index is 218. The fourth-order valence-electron chi connectivity index (χ4n) is 1.52. The quantitative estimate of drug-likeness (QED) is 0.630. The molecule has 0 saturated heterocycles. The molecule has 2 amide bonds. The van der Waals surface area contributed by atoms with Crippen LogP contribution in [-0.4, -0.2) is 49.3 Å². The van der Waals surface area contributed by atoms with Crippen molar-refractivity contribution in [3.05, 3.63) is 0 Å². The van der Waals surface area contributed by atoms with Gasteiger partial charge in [0.25, 0.3) is 0 Å². The van der Waals surface area contributed by atoms with Crippen LogP contribution in [0.4, 0.5) is 4.79 Å². The van der Waals surface area contributed by atoms with Gasteiger partial charge in [-0.3, -0.25) is 4.79 Å². The highest BCUT2D eigenvalue weighted by molar-refractivity contribution is 5.84.